The van der Waals surface area contributed by atoms with Crippen LogP contribution >= 0.6 is 0 Å². The lowest BCUT2D eigenvalue weighted by Gasteiger charge is -2.35. The smallest absolute Gasteiger partial charge is 0.157 e. The molecule has 118 valence electrons. The van der Waals surface area contributed by atoms with Gasteiger partial charge in [0.05, 0.1) is 12.8 Å². The number of likely N-dealkylation sites (tertiary alicyclic amines) is 1. The van der Waals surface area contributed by atoms with Crippen LogP contribution in [0.4, 0.5) is 0 Å². The van der Waals surface area contributed by atoms with Crippen LogP contribution < -0.4 is 0 Å². The van der Waals surface area contributed by atoms with E-state index in [1.165, 1.54) is 37.7 Å². The van der Waals surface area contributed by atoms with E-state index < -0.39 is 0 Å². The lowest BCUT2D eigenvalue weighted by Crippen LogP contribution is -2.37. The summed E-state index contributed by atoms with van der Waals surface area (Å²) in [4.78, 5) is 2.54. The summed E-state index contributed by atoms with van der Waals surface area (Å²) in [6, 6.07) is 0.503. The minimum absolute atomic E-state index is 0.0281. The molecule has 5 nitrogen and oxygen atoms in total. The highest BCUT2D eigenvalue weighted by Crippen LogP contribution is 2.30. The molecule has 0 unspecified atom stereocenters. The van der Waals surface area contributed by atoms with E-state index in [2.05, 4.69) is 16.2 Å². The van der Waals surface area contributed by atoms with Gasteiger partial charge >= 0.3 is 0 Å². The average Bonchev–Trinajstić information content (AvgIpc) is 2.95. The highest BCUT2D eigenvalue weighted by Gasteiger charge is 2.25. The first-order valence-corrected chi connectivity index (χ1v) is 8.29. The summed E-state index contributed by atoms with van der Waals surface area (Å²) in [7, 11) is 1.99. The van der Waals surface area contributed by atoms with Crippen LogP contribution in [-0.4, -0.2) is 47.3 Å². The van der Waals surface area contributed by atoms with E-state index in [-0.39, 0.29) is 6.29 Å². The third-order valence-electron chi connectivity index (χ3n) is 4.54. The van der Waals surface area contributed by atoms with E-state index in [0.29, 0.717) is 6.04 Å². The first-order valence-electron chi connectivity index (χ1n) is 8.29. The fourth-order valence-electron chi connectivity index (χ4n) is 3.39. The normalized spacial score (nSPS) is 27.9. The second-order valence-electron chi connectivity index (χ2n) is 6.16. The third-order valence-corrected chi connectivity index (χ3v) is 4.54. The van der Waals surface area contributed by atoms with Gasteiger partial charge in [0.1, 0.15) is 0 Å². The molecule has 0 radical (unpaired) electrons. The molecule has 2 aliphatic heterocycles. The number of aromatic nitrogens is 2. The van der Waals surface area contributed by atoms with Crippen LogP contribution in [0.15, 0.2) is 12.4 Å². The molecule has 3 rings (SSSR count). The minimum atomic E-state index is 0.0281. The van der Waals surface area contributed by atoms with Crippen molar-refractivity contribution in [3.63, 3.8) is 0 Å². The van der Waals surface area contributed by atoms with Crippen molar-refractivity contribution < 1.29 is 9.47 Å². The monoisotopic (exact) mass is 293 g/mol. The Morgan fingerprint density at radius 1 is 1.29 bits per heavy atom. The predicted molar refractivity (Wildman–Crippen MR) is 80.9 cm³/mol. The Kier molecular flexibility index (Phi) is 5.27. The molecule has 0 N–H and O–H groups in total. The molecule has 1 aromatic rings. The SMILES string of the molecule is Cn1cc([C@H]2CCCCN2CCO[C@@H]2CCCCO2)cn1. The molecule has 0 spiro atoms. The number of hydrogen-bond acceptors (Lipinski definition) is 4. The van der Waals surface area contributed by atoms with Gasteiger partial charge in [-0.3, -0.25) is 9.58 Å². The highest BCUT2D eigenvalue weighted by molar-refractivity contribution is 5.11. The molecule has 2 saturated heterocycles. The Balaban J connectivity index is 1.49. The topological polar surface area (TPSA) is 39.5 Å². The van der Waals surface area contributed by atoms with Crippen molar-refractivity contribution in [3.8, 4) is 0 Å². The number of rotatable bonds is 5. The van der Waals surface area contributed by atoms with E-state index in [0.717, 1.165) is 32.7 Å². The molecule has 2 fully saturated rings. The van der Waals surface area contributed by atoms with Crippen molar-refractivity contribution in [1.82, 2.24) is 14.7 Å². The summed E-state index contributed by atoms with van der Waals surface area (Å²) < 4.78 is 13.4. The number of hydrogen-bond donors (Lipinski definition) is 0. The van der Waals surface area contributed by atoms with Crippen molar-refractivity contribution in [3.05, 3.63) is 18.0 Å². The molecule has 5 heteroatoms. The maximum atomic E-state index is 5.89. The number of ether oxygens (including phenoxy) is 2. The summed E-state index contributed by atoms with van der Waals surface area (Å²) in [5.41, 5.74) is 1.34. The van der Waals surface area contributed by atoms with Gasteiger partial charge < -0.3 is 9.47 Å². The van der Waals surface area contributed by atoms with Crippen molar-refractivity contribution >= 4 is 0 Å². The zero-order valence-electron chi connectivity index (χ0n) is 13.0. The lowest BCUT2D eigenvalue weighted by molar-refractivity contribution is -0.165. The molecule has 0 aromatic carbocycles. The van der Waals surface area contributed by atoms with Crippen LogP contribution in [0.2, 0.25) is 0 Å². The number of piperidine rings is 1. The van der Waals surface area contributed by atoms with E-state index in [1.807, 2.05) is 17.9 Å². The molecule has 0 bridgehead atoms. The maximum Gasteiger partial charge on any atom is 0.157 e. The summed E-state index contributed by atoms with van der Waals surface area (Å²) >= 11 is 0. The fourth-order valence-corrected chi connectivity index (χ4v) is 3.39. The van der Waals surface area contributed by atoms with E-state index in [1.54, 1.807) is 0 Å². The quantitative estimate of drug-likeness (QED) is 0.836. The number of nitrogens with zero attached hydrogens (tertiary/aromatic N) is 3. The summed E-state index contributed by atoms with van der Waals surface area (Å²) in [5.74, 6) is 0. The van der Waals surface area contributed by atoms with Crippen LogP contribution in [0.5, 0.6) is 0 Å². The molecule has 1 aromatic heterocycles. The van der Waals surface area contributed by atoms with Gasteiger partial charge in [-0.1, -0.05) is 6.42 Å². The zero-order chi connectivity index (χ0) is 14.5. The fraction of sp³-hybridized carbons (Fsp3) is 0.812. The summed E-state index contributed by atoms with van der Waals surface area (Å²) in [6.45, 7) is 3.77. The molecule has 3 heterocycles. The van der Waals surface area contributed by atoms with E-state index >= 15 is 0 Å². The van der Waals surface area contributed by atoms with Crippen LogP contribution in [0.1, 0.15) is 50.1 Å². The van der Waals surface area contributed by atoms with Crippen LogP contribution in [-0.2, 0) is 16.5 Å². The summed E-state index contributed by atoms with van der Waals surface area (Å²) in [5, 5.41) is 4.32. The number of aryl methyl sites for hydroxylation is 1. The Bertz CT molecular complexity index is 429. The molecule has 2 atom stereocenters. The molecule has 0 amide bonds. The maximum absolute atomic E-state index is 5.89. The second kappa shape index (κ2) is 7.38. The first kappa shape index (κ1) is 15.0. The first-order chi connectivity index (χ1) is 10.3. The van der Waals surface area contributed by atoms with Crippen LogP contribution in [0.25, 0.3) is 0 Å². The molecular formula is C16H27N3O2. The van der Waals surface area contributed by atoms with Crippen molar-refractivity contribution in [2.24, 2.45) is 7.05 Å². The standard InChI is InChI=1S/C16H27N3O2/c1-18-13-14(12-17-18)15-6-2-4-8-19(15)9-11-21-16-7-3-5-10-20-16/h12-13,15-16H,2-11H2,1H3/t15-,16-/m1/s1. The van der Waals surface area contributed by atoms with Gasteiger partial charge in [-0.15, -0.1) is 0 Å². The molecule has 2 aliphatic rings. The van der Waals surface area contributed by atoms with Gasteiger partial charge in [0.2, 0.25) is 0 Å². The van der Waals surface area contributed by atoms with Gasteiger partial charge in [0, 0.05) is 38.0 Å². The zero-order valence-corrected chi connectivity index (χ0v) is 13.0. The highest BCUT2D eigenvalue weighted by atomic mass is 16.7. The predicted octanol–water partition coefficient (Wildman–Crippen LogP) is 2.49. The van der Waals surface area contributed by atoms with E-state index in [9.17, 15) is 0 Å². The Morgan fingerprint density at radius 3 is 2.95 bits per heavy atom. The van der Waals surface area contributed by atoms with Gasteiger partial charge in [-0.25, -0.2) is 0 Å². The third kappa shape index (κ3) is 4.05. The van der Waals surface area contributed by atoms with Gasteiger partial charge in [-0.05, 0) is 38.6 Å². The van der Waals surface area contributed by atoms with Crippen molar-refractivity contribution in [2.45, 2.75) is 50.9 Å². The van der Waals surface area contributed by atoms with Crippen molar-refractivity contribution in [2.75, 3.05) is 26.3 Å². The van der Waals surface area contributed by atoms with Crippen LogP contribution in [0, 0.1) is 0 Å². The Labute approximate surface area is 127 Å². The second-order valence-corrected chi connectivity index (χ2v) is 6.16. The minimum Gasteiger partial charge on any atom is -0.353 e. The largest absolute Gasteiger partial charge is 0.353 e. The Morgan fingerprint density at radius 2 is 2.19 bits per heavy atom. The van der Waals surface area contributed by atoms with E-state index in [4.69, 9.17) is 9.47 Å². The lowest BCUT2D eigenvalue weighted by atomic mass is 9.97. The molecule has 21 heavy (non-hydrogen) atoms. The van der Waals surface area contributed by atoms with Crippen molar-refractivity contribution in [1.29, 1.82) is 0 Å². The molecule has 0 saturated carbocycles. The van der Waals surface area contributed by atoms with Gasteiger partial charge in [0.25, 0.3) is 0 Å². The van der Waals surface area contributed by atoms with Gasteiger partial charge in [-0.2, -0.15) is 5.10 Å². The molecule has 0 aliphatic carbocycles. The van der Waals surface area contributed by atoms with Gasteiger partial charge in [0.15, 0.2) is 6.29 Å². The molecular weight excluding hydrogens is 266 g/mol. The summed E-state index contributed by atoms with van der Waals surface area (Å²) in [6.07, 6.45) is 11.5. The average molecular weight is 293 g/mol. The van der Waals surface area contributed by atoms with Crippen LogP contribution in [0.3, 0.4) is 0 Å². The Hall–Kier alpha value is -0.910.